The zero-order chi connectivity index (χ0) is 24.2. The zero-order valence-corrected chi connectivity index (χ0v) is 20.3. The molecular formula is C23H27ClN2O6S. The van der Waals surface area contributed by atoms with E-state index >= 15 is 0 Å². The number of rotatable bonds is 7. The highest BCUT2D eigenvalue weighted by Crippen LogP contribution is 2.28. The van der Waals surface area contributed by atoms with Crippen molar-refractivity contribution >= 4 is 39.2 Å². The first-order valence-corrected chi connectivity index (χ1v) is 12.4. The Balaban J connectivity index is 1.63. The van der Waals surface area contributed by atoms with E-state index in [0.29, 0.717) is 35.5 Å². The molecule has 1 N–H and O–H groups in total. The standard InChI is InChI=1S/C23H27ClN2O6S/c1-15-10-12-26(13-11-15)33(29,30)19-7-4-17(5-8-19)23(28)32-16(2)22(27)25-20-14-18(24)6-9-21(20)31-3/h4-9,14-16H,10-13H2,1-3H3,(H,25,27). The van der Waals surface area contributed by atoms with Gasteiger partial charge >= 0.3 is 5.97 Å². The van der Waals surface area contributed by atoms with Gasteiger partial charge in [-0.05, 0) is 68.1 Å². The predicted octanol–water partition coefficient (Wildman–Crippen LogP) is 3.95. The fraction of sp³-hybridized carbons (Fsp3) is 0.391. The Morgan fingerprint density at radius 3 is 2.36 bits per heavy atom. The molecule has 1 atom stereocenters. The van der Waals surface area contributed by atoms with Crippen LogP contribution in [0.4, 0.5) is 5.69 Å². The largest absolute Gasteiger partial charge is 0.495 e. The number of ether oxygens (including phenoxy) is 2. The quantitative estimate of drug-likeness (QED) is 0.585. The molecule has 10 heteroatoms. The van der Waals surface area contributed by atoms with E-state index < -0.39 is 28.0 Å². The minimum absolute atomic E-state index is 0.118. The van der Waals surface area contributed by atoms with E-state index in [1.165, 1.54) is 48.7 Å². The van der Waals surface area contributed by atoms with E-state index in [0.717, 1.165) is 12.8 Å². The van der Waals surface area contributed by atoms with Gasteiger partial charge in [0.1, 0.15) is 5.75 Å². The number of amides is 1. The van der Waals surface area contributed by atoms with Gasteiger partial charge in [-0.1, -0.05) is 18.5 Å². The first kappa shape index (κ1) is 25.0. The maximum atomic E-state index is 12.8. The molecule has 0 aliphatic carbocycles. The summed E-state index contributed by atoms with van der Waals surface area (Å²) in [4.78, 5) is 25.1. The lowest BCUT2D eigenvalue weighted by molar-refractivity contribution is -0.123. The first-order valence-electron chi connectivity index (χ1n) is 10.6. The molecule has 0 spiro atoms. The Morgan fingerprint density at radius 2 is 1.76 bits per heavy atom. The lowest BCUT2D eigenvalue weighted by atomic mass is 10.0. The molecule has 1 unspecified atom stereocenters. The number of sulfonamides is 1. The molecule has 3 rings (SSSR count). The number of nitrogens with one attached hydrogen (secondary N) is 1. The molecular weight excluding hydrogens is 468 g/mol. The molecule has 178 valence electrons. The van der Waals surface area contributed by atoms with Crippen molar-refractivity contribution in [2.24, 2.45) is 5.92 Å². The van der Waals surface area contributed by atoms with Gasteiger partial charge in [0.25, 0.3) is 5.91 Å². The molecule has 1 aliphatic heterocycles. The highest BCUT2D eigenvalue weighted by Gasteiger charge is 2.28. The van der Waals surface area contributed by atoms with Crippen LogP contribution in [0.3, 0.4) is 0 Å². The summed E-state index contributed by atoms with van der Waals surface area (Å²) in [5, 5.41) is 3.02. The SMILES string of the molecule is COc1ccc(Cl)cc1NC(=O)C(C)OC(=O)c1ccc(S(=O)(=O)N2CCC(C)CC2)cc1. The zero-order valence-electron chi connectivity index (χ0n) is 18.7. The summed E-state index contributed by atoms with van der Waals surface area (Å²) in [6.45, 7) is 4.51. The monoisotopic (exact) mass is 494 g/mol. The van der Waals surface area contributed by atoms with Gasteiger partial charge in [0.05, 0.1) is 23.3 Å². The molecule has 0 radical (unpaired) electrons. The summed E-state index contributed by atoms with van der Waals surface area (Å²) in [7, 11) is -2.16. The molecule has 1 heterocycles. The topological polar surface area (TPSA) is 102 Å². The number of carbonyl (C=O) groups excluding carboxylic acids is 2. The van der Waals surface area contributed by atoms with E-state index in [4.69, 9.17) is 21.1 Å². The number of piperidine rings is 1. The van der Waals surface area contributed by atoms with E-state index in [2.05, 4.69) is 12.2 Å². The molecule has 2 aromatic carbocycles. The van der Waals surface area contributed by atoms with E-state index in [1.807, 2.05) is 0 Å². The van der Waals surface area contributed by atoms with Gasteiger partial charge in [0.2, 0.25) is 10.0 Å². The summed E-state index contributed by atoms with van der Waals surface area (Å²) in [6, 6.07) is 10.3. The second-order valence-electron chi connectivity index (χ2n) is 7.99. The average Bonchev–Trinajstić information content (AvgIpc) is 2.79. The van der Waals surface area contributed by atoms with Gasteiger partial charge in [-0.25, -0.2) is 13.2 Å². The normalized spacial score (nSPS) is 16.1. The van der Waals surface area contributed by atoms with Crippen LogP contribution in [0, 0.1) is 5.92 Å². The number of benzene rings is 2. The lowest BCUT2D eigenvalue weighted by Crippen LogP contribution is -2.37. The molecule has 1 aliphatic rings. The highest BCUT2D eigenvalue weighted by atomic mass is 35.5. The minimum atomic E-state index is -3.61. The summed E-state index contributed by atoms with van der Waals surface area (Å²) < 4.78 is 37.6. The van der Waals surface area contributed by atoms with Crippen LogP contribution in [0.25, 0.3) is 0 Å². The maximum Gasteiger partial charge on any atom is 0.338 e. The molecule has 1 saturated heterocycles. The lowest BCUT2D eigenvalue weighted by Gasteiger charge is -2.29. The number of halogens is 1. The van der Waals surface area contributed by atoms with Crippen molar-refractivity contribution in [3.05, 3.63) is 53.1 Å². The van der Waals surface area contributed by atoms with Crippen LogP contribution < -0.4 is 10.1 Å². The number of anilines is 1. The van der Waals surface area contributed by atoms with Gasteiger partial charge in [0.15, 0.2) is 6.10 Å². The fourth-order valence-electron chi connectivity index (χ4n) is 3.43. The Labute approximate surface area is 198 Å². The summed E-state index contributed by atoms with van der Waals surface area (Å²) in [5.41, 5.74) is 0.487. The minimum Gasteiger partial charge on any atom is -0.495 e. The highest BCUT2D eigenvalue weighted by molar-refractivity contribution is 7.89. The number of hydrogen-bond acceptors (Lipinski definition) is 6. The van der Waals surface area contributed by atoms with Crippen molar-refractivity contribution in [2.45, 2.75) is 37.7 Å². The molecule has 0 aromatic heterocycles. The Bertz CT molecular complexity index is 1110. The van der Waals surface area contributed by atoms with Gasteiger partial charge < -0.3 is 14.8 Å². The number of carbonyl (C=O) groups is 2. The van der Waals surface area contributed by atoms with Crippen molar-refractivity contribution in [2.75, 3.05) is 25.5 Å². The van der Waals surface area contributed by atoms with Crippen molar-refractivity contribution < 1.29 is 27.5 Å². The van der Waals surface area contributed by atoms with Gasteiger partial charge in [0, 0.05) is 18.1 Å². The Morgan fingerprint density at radius 1 is 1.12 bits per heavy atom. The number of nitrogens with zero attached hydrogens (tertiary/aromatic N) is 1. The van der Waals surface area contributed by atoms with Crippen LogP contribution in [0.15, 0.2) is 47.4 Å². The van der Waals surface area contributed by atoms with Crippen molar-refractivity contribution in [1.29, 1.82) is 0 Å². The van der Waals surface area contributed by atoms with Gasteiger partial charge in [-0.3, -0.25) is 4.79 Å². The second-order valence-corrected chi connectivity index (χ2v) is 10.4. The summed E-state index contributed by atoms with van der Waals surface area (Å²) >= 11 is 5.96. The van der Waals surface area contributed by atoms with Crippen molar-refractivity contribution in [1.82, 2.24) is 4.31 Å². The second kappa shape index (κ2) is 10.5. The molecule has 0 bridgehead atoms. The molecule has 1 fully saturated rings. The van der Waals surface area contributed by atoms with Crippen LogP contribution in [0.5, 0.6) is 5.75 Å². The predicted molar refractivity (Wildman–Crippen MR) is 125 cm³/mol. The molecule has 0 saturated carbocycles. The van der Waals surface area contributed by atoms with Crippen molar-refractivity contribution in [3.63, 3.8) is 0 Å². The van der Waals surface area contributed by atoms with Crippen LogP contribution >= 0.6 is 11.6 Å². The Hall–Kier alpha value is -2.62. The van der Waals surface area contributed by atoms with Crippen LogP contribution in [0.2, 0.25) is 5.02 Å². The smallest absolute Gasteiger partial charge is 0.338 e. The first-order chi connectivity index (χ1) is 15.6. The third-order valence-corrected chi connectivity index (χ3v) is 7.69. The fourth-order valence-corrected chi connectivity index (χ4v) is 5.07. The van der Waals surface area contributed by atoms with E-state index in [-0.39, 0.29) is 10.5 Å². The summed E-state index contributed by atoms with van der Waals surface area (Å²) in [6.07, 6.45) is 0.537. The van der Waals surface area contributed by atoms with Gasteiger partial charge in [-0.2, -0.15) is 4.31 Å². The van der Waals surface area contributed by atoms with Gasteiger partial charge in [-0.15, -0.1) is 0 Å². The molecule has 1 amide bonds. The number of esters is 1. The molecule has 2 aromatic rings. The van der Waals surface area contributed by atoms with Crippen LogP contribution in [-0.2, 0) is 19.6 Å². The van der Waals surface area contributed by atoms with Crippen LogP contribution in [-0.4, -0.2) is 50.9 Å². The van der Waals surface area contributed by atoms with Crippen LogP contribution in [0.1, 0.15) is 37.0 Å². The Kier molecular flexibility index (Phi) is 7.99. The summed E-state index contributed by atoms with van der Waals surface area (Å²) in [5.74, 6) is -0.395. The molecule has 8 nitrogen and oxygen atoms in total. The number of hydrogen-bond donors (Lipinski definition) is 1. The molecule has 33 heavy (non-hydrogen) atoms. The average molecular weight is 495 g/mol. The number of methoxy groups -OCH3 is 1. The third-order valence-electron chi connectivity index (χ3n) is 5.54. The third kappa shape index (κ3) is 6.04. The van der Waals surface area contributed by atoms with E-state index in [9.17, 15) is 18.0 Å². The maximum absolute atomic E-state index is 12.8. The van der Waals surface area contributed by atoms with Crippen molar-refractivity contribution in [3.8, 4) is 5.75 Å². The van der Waals surface area contributed by atoms with E-state index in [1.54, 1.807) is 12.1 Å².